The van der Waals surface area contributed by atoms with E-state index >= 15 is 0 Å². The Balaban J connectivity index is 2.46. The molecule has 0 saturated carbocycles. The highest BCUT2D eigenvalue weighted by molar-refractivity contribution is 6.21. The predicted molar refractivity (Wildman–Crippen MR) is 85.0 cm³/mol. The number of carbonyl (C=O) groups excluding carboxylic acids is 2. The molecule has 0 bridgehead atoms. The summed E-state index contributed by atoms with van der Waals surface area (Å²) < 4.78 is 10.2. The minimum atomic E-state index is -0.758. The molecule has 0 heterocycles. The zero-order valence-electron chi connectivity index (χ0n) is 13.0. The Hall–Kier alpha value is -1.75. The highest BCUT2D eigenvalue weighted by atomic mass is 35.5. The van der Waals surface area contributed by atoms with Gasteiger partial charge in [-0.05, 0) is 25.5 Å². The van der Waals surface area contributed by atoms with Gasteiger partial charge in [-0.1, -0.05) is 43.1 Å². The smallest absolute Gasteiger partial charge is 0.411 e. The third-order valence-electron chi connectivity index (χ3n) is 3.00. The number of halogens is 1. The van der Waals surface area contributed by atoms with Crippen molar-refractivity contribution < 1.29 is 19.1 Å². The Morgan fingerprint density at radius 1 is 1.18 bits per heavy atom. The molecule has 6 heteroatoms. The Kier molecular flexibility index (Phi) is 8.36. The summed E-state index contributed by atoms with van der Waals surface area (Å²) >= 11 is 6.13. The standard InChI is InChI=1S/C16H22ClNO4/c1-3-5-11-21-16(20)18(4-2)14(17)12-22-15(19)13-9-7-6-8-10-13/h6-10,14H,3-5,11-12H2,1-2H3. The van der Waals surface area contributed by atoms with Crippen LogP contribution < -0.4 is 0 Å². The first kappa shape index (κ1) is 18.3. The Labute approximate surface area is 136 Å². The fraction of sp³-hybridized carbons (Fsp3) is 0.500. The Bertz CT molecular complexity index is 466. The maximum Gasteiger partial charge on any atom is 0.411 e. The van der Waals surface area contributed by atoms with E-state index in [-0.39, 0.29) is 6.61 Å². The number of rotatable bonds is 8. The van der Waals surface area contributed by atoms with E-state index in [4.69, 9.17) is 21.1 Å². The summed E-state index contributed by atoms with van der Waals surface area (Å²) in [5, 5.41) is 0. The first-order valence-corrected chi connectivity index (χ1v) is 7.83. The van der Waals surface area contributed by atoms with Gasteiger partial charge in [0.15, 0.2) is 0 Å². The van der Waals surface area contributed by atoms with Crippen molar-refractivity contribution in [2.24, 2.45) is 0 Å². The number of unbranched alkanes of at least 4 members (excludes halogenated alkanes) is 1. The largest absolute Gasteiger partial charge is 0.459 e. The molecule has 0 aliphatic carbocycles. The summed E-state index contributed by atoms with van der Waals surface area (Å²) in [5.74, 6) is -0.471. The topological polar surface area (TPSA) is 55.8 Å². The number of amides is 1. The molecule has 0 N–H and O–H groups in total. The number of hydrogen-bond acceptors (Lipinski definition) is 4. The van der Waals surface area contributed by atoms with Crippen molar-refractivity contribution in [3.8, 4) is 0 Å². The zero-order chi connectivity index (χ0) is 16.4. The van der Waals surface area contributed by atoms with Crippen LogP contribution in [0.25, 0.3) is 0 Å². The summed E-state index contributed by atoms with van der Waals surface area (Å²) in [6, 6.07) is 8.62. The summed E-state index contributed by atoms with van der Waals surface area (Å²) in [6.45, 7) is 4.45. The van der Waals surface area contributed by atoms with E-state index in [0.29, 0.717) is 18.7 Å². The fourth-order valence-corrected chi connectivity index (χ4v) is 2.00. The number of esters is 1. The molecule has 1 unspecified atom stereocenters. The summed E-state index contributed by atoms with van der Waals surface area (Å²) in [5.41, 5.74) is -0.313. The number of benzene rings is 1. The van der Waals surface area contributed by atoms with E-state index in [1.165, 1.54) is 4.90 Å². The van der Waals surface area contributed by atoms with Gasteiger partial charge in [-0.2, -0.15) is 0 Å². The van der Waals surface area contributed by atoms with Crippen molar-refractivity contribution in [2.75, 3.05) is 19.8 Å². The molecule has 0 aliphatic rings. The van der Waals surface area contributed by atoms with Gasteiger partial charge >= 0.3 is 12.1 Å². The number of ether oxygens (including phenoxy) is 2. The number of hydrogen-bond donors (Lipinski definition) is 0. The average Bonchev–Trinajstić information content (AvgIpc) is 2.54. The molecule has 0 aromatic heterocycles. The van der Waals surface area contributed by atoms with Gasteiger partial charge in [-0.25, -0.2) is 9.59 Å². The molecule has 22 heavy (non-hydrogen) atoms. The lowest BCUT2D eigenvalue weighted by atomic mass is 10.2. The molecule has 1 aromatic rings. The molecule has 1 rings (SSSR count). The second-order valence-corrected chi connectivity index (χ2v) is 5.16. The molecule has 0 radical (unpaired) electrons. The molecular formula is C16H22ClNO4. The van der Waals surface area contributed by atoms with E-state index in [0.717, 1.165) is 12.8 Å². The van der Waals surface area contributed by atoms with Crippen LogP contribution >= 0.6 is 11.6 Å². The van der Waals surface area contributed by atoms with E-state index in [2.05, 4.69) is 0 Å². The molecule has 1 atom stereocenters. The second-order valence-electron chi connectivity index (χ2n) is 4.65. The zero-order valence-corrected chi connectivity index (χ0v) is 13.7. The first-order valence-electron chi connectivity index (χ1n) is 7.39. The molecule has 0 spiro atoms. The maximum absolute atomic E-state index is 11.9. The van der Waals surface area contributed by atoms with Crippen LogP contribution in [0.4, 0.5) is 4.79 Å². The second kappa shape index (κ2) is 10.1. The van der Waals surface area contributed by atoms with Crippen molar-refractivity contribution in [3.05, 3.63) is 35.9 Å². The van der Waals surface area contributed by atoms with E-state index in [1.54, 1.807) is 31.2 Å². The minimum absolute atomic E-state index is 0.0913. The quantitative estimate of drug-likeness (QED) is 0.316. The summed E-state index contributed by atoms with van der Waals surface area (Å²) in [6.07, 6.45) is 1.25. The molecule has 1 amide bonds. The molecule has 0 saturated heterocycles. The number of nitrogens with zero attached hydrogens (tertiary/aromatic N) is 1. The Morgan fingerprint density at radius 3 is 2.45 bits per heavy atom. The van der Waals surface area contributed by atoms with Crippen molar-refractivity contribution in [2.45, 2.75) is 32.2 Å². The van der Waals surface area contributed by atoms with Gasteiger partial charge in [0, 0.05) is 6.54 Å². The highest BCUT2D eigenvalue weighted by Gasteiger charge is 2.23. The van der Waals surface area contributed by atoms with Crippen LogP contribution in [0.1, 0.15) is 37.0 Å². The van der Waals surface area contributed by atoms with Gasteiger partial charge in [0.1, 0.15) is 12.1 Å². The van der Waals surface area contributed by atoms with Gasteiger partial charge in [-0.15, -0.1) is 0 Å². The van der Waals surface area contributed by atoms with Crippen molar-refractivity contribution in [1.29, 1.82) is 0 Å². The van der Waals surface area contributed by atoms with Gasteiger partial charge in [0.25, 0.3) is 0 Å². The van der Waals surface area contributed by atoms with E-state index in [1.807, 2.05) is 13.0 Å². The van der Waals surface area contributed by atoms with Crippen molar-refractivity contribution >= 4 is 23.7 Å². The third kappa shape index (κ3) is 5.93. The van der Waals surface area contributed by atoms with Crippen LogP contribution in [0, 0.1) is 0 Å². The molecule has 122 valence electrons. The molecule has 5 nitrogen and oxygen atoms in total. The van der Waals surface area contributed by atoms with Crippen LogP contribution in [0.3, 0.4) is 0 Å². The van der Waals surface area contributed by atoms with Crippen LogP contribution in [0.15, 0.2) is 30.3 Å². The number of likely N-dealkylation sites (N-methyl/N-ethyl adjacent to an activating group) is 1. The predicted octanol–water partition coefficient (Wildman–Crippen LogP) is 3.67. The molecule has 1 aromatic carbocycles. The molecule has 0 fully saturated rings. The van der Waals surface area contributed by atoms with Gasteiger partial charge in [0.2, 0.25) is 0 Å². The van der Waals surface area contributed by atoms with E-state index < -0.39 is 17.6 Å². The molecule has 0 aliphatic heterocycles. The fourth-order valence-electron chi connectivity index (χ4n) is 1.72. The van der Waals surface area contributed by atoms with Crippen molar-refractivity contribution in [1.82, 2.24) is 4.90 Å². The summed E-state index contributed by atoms with van der Waals surface area (Å²) in [7, 11) is 0. The van der Waals surface area contributed by atoms with Gasteiger partial charge < -0.3 is 9.47 Å². The van der Waals surface area contributed by atoms with Crippen LogP contribution in [0.5, 0.6) is 0 Å². The van der Waals surface area contributed by atoms with Gasteiger partial charge in [0.05, 0.1) is 12.2 Å². The third-order valence-corrected chi connectivity index (χ3v) is 3.36. The lowest BCUT2D eigenvalue weighted by Crippen LogP contribution is -2.40. The minimum Gasteiger partial charge on any atom is -0.459 e. The van der Waals surface area contributed by atoms with Crippen LogP contribution in [-0.2, 0) is 9.47 Å². The normalized spacial score (nSPS) is 11.6. The van der Waals surface area contributed by atoms with Crippen LogP contribution in [0.2, 0.25) is 0 Å². The SMILES string of the molecule is CCCCOC(=O)N(CC)C(Cl)COC(=O)c1ccccc1. The average molecular weight is 328 g/mol. The molecular weight excluding hydrogens is 306 g/mol. The number of alkyl halides is 1. The summed E-state index contributed by atoms with van der Waals surface area (Å²) in [4.78, 5) is 25.0. The monoisotopic (exact) mass is 327 g/mol. The van der Waals surface area contributed by atoms with Crippen LogP contribution in [-0.4, -0.2) is 42.2 Å². The first-order chi connectivity index (χ1) is 10.6. The Morgan fingerprint density at radius 2 is 1.86 bits per heavy atom. The highest BCUT2D eigenvalue weighted by Crippen LogP contribution is 2.10. The van der Waals surface area contributed by atoms with Crippen molar-refractivity contribution in [3.63, 3.8) is 0 Å². The van der Waals surface area contributed by atoms with E-state index in [9.17, 15) is 9.59 Å². The maximum atomic E-state index is 11.9. The number of carbonyl (C=O) groups is 2. The lowest BCUT2D eigenvalue weighted by molar-refractivity contribution is 0.0403. The lowest BCUT2D eigenvalue weighted by Gasteiger charge is -2.25. The van der Waals surface area contributed by atoms with Gasteiger partial charge in [-0.3, -0.25) is 4.90 Å².